The number of rotatable bonds is 6. The van der Waals surface area contributed by atoms with Gasteiger partial charge in [-0.2, -0.15) is 0 Å². The lowest BCUT2D eigenvalue weighted by molar-refractivity contribution is 0.674. The number of nitrogens with one attached hydrogen (secondary N) is 1. The molecule has 1 unspecified atom stereocenters. The Morgan fingerprint density at radius 1 is 0.500 bits per heavy atom. The number of allylic oxidation sites excluding steroid dienone is 4. The lowest BCUT2D eigenvalue weighted by Crippen LogP contribution is -2.33. The molecule has 11 rings (SSSR count). The zero-order chi connectivity index (χ0) is 37.0. The number of aliphatic imine (C=N–C) groups is 2. The van der Waals surface area contributed by atoms with E-state index in [1.807, 2.05) is 24.3 Å². The average Bonchev–Trinajstić information content (AvgIpc) is 3.79. The van der Waals surface area contributed by atoms with Gasteiger partial charge in [0.15, 0.2) is 5.84 Å². The lowest BCUT2D eigenvalue weighted by Gasteiger charge is -2.23. The van der Waals surface area contributed by atoms with Crippen LogP contribution in [0.2, 0.25) is 0 Å². The SMILES string of the molecule is C1=CCCC(n2c3ccccc3c3cc(-c4ccc5c(c4)c4ccccc4n5-c4cccc(C5=NC(c6ccccc6)NC(c6ccccc6)=N5)c4)ccc32)=C1. The molecule has 1 N–H and O–H groups in total. The second-order valence-electron chi connectivity index (χ2n) is 14.6. The minimum Gasteiger partial charge on any atom is -0.344 e. The molecule has 2 aliphatic rings. The summed E-state index contributed by atoms with van der Waals surface area (Å²) in [7, 11) is 0. The topological polar surface area (TPSA) is 46.6 Å². The molecule has 5 nitrogen and oxygen atoms in total. The van der Waals surface area contributed by atoms with E-state index in [0.717, 1.165) is 52.1 Å². The van der Waals surface area contributed by atoms with Crippen molar-refractivity contribution in [2.45, 2.75) is 19.0 Å². The molecular weight excluding hydrogens is 683 g/mol. The van der Waals surface area contributed by atoms with Crippen LogP contribution >= 0.6 is 0 Å². The summed E-state index contributed by atoms with van der Waals surface area (Å²) in [6.45, 7) is 0. The lowest BCUT2D eigenvalue weighted by atomic mass is 10.0. The van der Waals surface area contributed by atoms with Crippen molar-refractivity contribution in [1.82, 2.24) is 14.5 Å². The van der Waals surface area contributed by atoms with Crippen molar-refractivity contribution in [3.63, 3.8) is 0 Å². The number of aromatic nitrogens is 2. The Bertz CT molecular complexity index is 3100. The van der Waals surface area contributed by atoms with E-state index in [9.17, 15) is 0 Å². The minimum atomic E-state index is -0.258. The molecule has 0 fully saturated rings. The number of benzene rings is 7. The van der Waals surface area contributed by atoms with E-state index < -0.39 is 0 Å². The van der Waals surface area contributed by atoms with Gasteiger partial charge in [-0.05, 0) is 84.1 Å². The van der Waals surface area contributed by atoms with Gasteiger partial charge in [-0.25, -0.2) is 9.98 Å². The highest BCUT2D eigenvalue weighted by molar-refractivity contribution is 6.15. The standard InChI is InChI=1S/C51H37N5/c1-4-15-34(16-5-1)49-52-50(35-17-6-2-7-18-35)54-51(53-49)38-19-14-22-40(31-38)56-46-26-13-11-24-42(46)44-33-37(28-30-48(44)56)36-27-29-47-43(32-36)41-23-10-12-25-45(41)55(47)39-20-8-3-9-21-39/h1-8,10-20,22-33,49H,9,21H2,(H,52,53,54). The number of fused-ring (bicyclic) bond motifs is 6. The molecule has 9 aromatic rings. The third kappa shape index (κ3) is 5.39. The molecule has 266 valence electrons. The Balaban J connectivity index is 1.03. The summed E-state index contributed by atoms with van der Waals surface area (Å²) < 4.78 is 4.83. The van der Waals surface area contributed by atoms with E-state index in [0.29, 0.717) is 5.84 Å². The molecule has 0 radical (unpaired) electrons. The van der Waals surface area contributed by atoms with E-state index in [4.69, 9.17) is 9.98 Å². The van der Waals surface area contributed by atoms with Gasteiger partial charge in [0.2, 0.25) is 0 Å². The first kappa shape index (κ1) is 32.2. The molecule has 0 bridgehead atoms. The Morgan fingerprint density at radius 3 is 1.80 bits per heavy atom. The Hall–Kier alpha value is -7.24. The molecule has 1 aliphatic heterocycles. The summed E-state index contributed by atoms with van der Waals surface area (Å²) in [5, 5.41) is 8.58. The summed E-state index contributed by atoms with van der Waals surface area (Å²) in [5.41, 5.74) is 12.7. The number of amidine groups is 2. The Kier molecular flexibility index (Phi) is 7.62. The van der Waals surface area contributed by atoms with Crippen molar-refractivity contribution in [1.29, 1.82) is 0 Å². The summed E-state index contributed by atoms with van der Waals surface area (Å²) in [5.74, 6) is 1.51. The third-order valence-corrected chi connectivity index (χ3v) is 11.2. The molecule has 56 heavy (non-hydrogen) atoms. The quantitative estimate of drug-likeness (QED) is 0.183. The van der Waals surface area contributed by atoms with Crippen LogP contribution in [0.25, 0.3) is 66.1 Å². The van der Waals surface area contributed by atoms with Crippen LogP contribution in [0.15, 0.2) is 198 Å². The predicted molar refractivity (Wildman–Crippen MR) is 234 cm³/mol. The van der Waals surface area contributed by atoms with Gasteiger partial charge < -0.3 is 14.5 Å². The molecule has 0 spiro atoms. The van der Waals surface area contributed by atoms with Gasteiger partial charge in [0, 0.05) is 44.1 Å². The first-order chi connectivity index (χ1) is 27.8. The molecule has 5 heteroatoms. The van der Waals surface area contributed by atoms with Crippen molar-refractivity contribution < 1.29 is 0 Å². The van der Waals surface area contributed by atoms with Gasteiger partial charge in [-0.15, -0.1) is 0 Å². The van der Waals surface area contributed by atoms with Crippen LogP contribution in [0.4, 0.5) is 0 Å². The molecule has 0 saturated heterocycles. The van der Waals surface area contributed by atoms with Gasteiger partial charge in [0.05, 0.1) is 22.1 Å². The second-order valence-corrected chi connectivity index (χ2v) is 14.6. The van der Waals surface area contributed by atoms with E-state index in [1.165, 1.54) is 49.4 Å². The van der Waals surface area contributed by atoms with Crippen molar-refractivity contribution in [2.75, 3.05) is 0 Å². The van der Waals surface area contributed by atoms with Gasteiger partial charge in [0.25, 0.3) is 0 Å². The van der Waals surface area contributed by atoms with Crippen LogP contribution in [-0.2, 0) is 0 Å². The highest BCUT2D eigenvalue weighted by atomic mass is 15.2. The second kappa shape index (κ2) is 13.3. The Morgan fingerprint density at radius 2 is 1.11 bits per heavy atom. The predicted octanol–water partition coefficient (Wildman–Crippen LogP) is 12.2. The molecule has 1 aliphatic carbocycles. The van der Waals surface area contributed by atoms with Crippen LogP contribution in [0.1, 0.15) is 35.7 Å². The normalized spacial score (nSPS) is 15.6. The van der Waals surface area contributed by atoms with Gasteiger partial charge in [0.1, 0.15) is 12.0 Å². The summed E-state index contributed by atoms with van der Waals surface area (Å²) in [6, 6.07) is 60.7. The number of hydrogen-bond acceptors (Lipinski definition) is 3. The molecule has 0 amide bonds. The van der Waals surface area contributed by atoms with Gasteiger partial charge in [-0.1, -0.05) is 133 Å². The van der Waals surface area contributed by atoms with Gasteiger partial charge >= 0.3 is 0 Å². The fourth-order valence-electron chi connectivity index (χ4n) is 8.58. The third-order valence-electron chi connectivity index (χ3n) is 11.2. The van der Waals surface area contributed by atoms with Crippen molar-refractivity contribution in [2.24, 2.45) is 9.98 Å². The highest BCUT2D eigenvalue weighted by Gasteiger charge is 2.22. The van der Waals surface area contributed by atoms with Crippen molar-refractivity contribution >= 4 is 61.0 Å². The maximum absolute atomic E-state index is 5.16. The van der Waals surface area contributed by atoms with E-state index in [2.05, 4.69) is 178 Å². The number of para-hydroxylation sites is 2. The van der Waals surface area contributed by atoms with Gasteiger partial charge in [-0.3, -0.25) is 0 Å². The van der Waals surface area contributed by atoms with E-state index in [-0.39, 0.29) is 6.17 Å². The van der Waals surface area contributed by atoms with Crippen LogP contribution in [-0.4, -0.2) is 20.8 Å². The number of nitrogens with zero attached hydrogens (tertiary/aromatic N) is 4. The van der Waals surface area contributed by atoms with Crippen molar-refractivity contribution in [3.05, 3.63) is 205 Å². The smallest absolute Gasteiger partial charge is 0.159 e. The largest absolute Gasteiger partial charge is 0.344 e. The fourth-order valence-corrected chi connectivity index (χ4v) is 8.58. The summed E-state index contributed by atoms with van der Waals surface area (Å²) in [4.78, 5) is 10.3. The Labute approximate surface area is 324 Å². The van der Waals surface area contributed by atoms with Crippen LogP contribution < -0.4 is 5.32 Å². The zero-order valence-corrected chi connectivity index (χ0v) is 30.7. The maximum Gasteiger partial charge on any atom is 0.159 e. The molecule has 3 heterocycles. The first-order valence-electron chi connectivity index (χ1n) is 19.3. The summed E-state index contributed by atoms with van der Waals surface area (Å²) in [6.07, 6.45) is 8.55. The molecular formula is C51H37N5. The monoisotopic (exact) mass is 719 g/mol. The van der Waals surface area contributed by atoms with Crippen molar-refractivity contribution in [3.8, 4) is 16.8 Å². The number of hydrogen-bond donors (Lipinski definition) is 1. The highest BCUT2D eigenvalue weighted by Crippen LogP contribution is 2.39. The van der Waals surface area contributed by atoms with Crippen LogP contribution in [0.3, 0.4) is 0 Å². The van der Waals surface area contributed by atoms with E-state index >= 15 is 0 Å². The average molecular weight is 720 g/mol. The zero-order valence-electron chi connectivity index (χ0n) is 30.7. The van der Waals surface area contributed by atoms with Crippen LogP contribution in [0.5, 0.6) is 0 Å². The van der Waals surface area contributed by atoms with E-state index in [1.54, 1.807) is 0 Å². The first-order valence-corrected chi connectivity index (χ1v) is 19.3. The fraction of sp³-hybridized carbons (Fsp3) is 0.0588. The molecule has 1 atom stereocenters. The maximum atomic E-state index is 5.16. The van der Waals surface area contributed by atoms with Crippen LogP contribution in [0, 0.1) is 0 Å². The minimum absolute atomic E-state index is 0.258. The summed E-state index contributed by atoms with van der Waals surface area (Å²) >= 11 is 0. The molecule has 0 saturated carbocycles. The molecule has 2 aromatic heterocycles. The molecule has 7 aromatic carbocycles.